The second-order valence-corrected chi connectivity index (χ2v) is 10.5. The first-order valence-corrected chi connectivity index (χ1v) is 13.0. The van der Waals surface area contributed by atoms with Gasteiger partial charge in [-0.25, -0.2) is 14.8 Å². The van der Waals surface area contributed by atoms with Crippen LogP contribution < -0.4 is 15.5 Å². The summed E-state index contributed by atoms with van der Waals surface area (Å²) in [5.74, 6) is 1.66. The number of morpholine rings is 1. The summed E-state index contributed by atoms with van der Waals surface area (Å²) in [6.07, 6.45) is 2.19. The molecule has 182 valence electrons. The molecule has 2 aromatic carbocycles. The highest BCUT2D eigenvalue weighted by Crippen LogP contribution is 2.59. The van der Waals surface area contributed by atoms with Crippen molar-refractivity contribution in [3.05, 3.63) is 66.4 Å². The third-order valence-electron chi connectivity index (χ3n) is 6.34. The summed E-state index contributed by atoms with van der Waals surface area (Å²) >= 11 is 1.90. The Morgan fingerprint density at radius 3 is 2.60 bits per heavy atom. The van der Waals surface area contributed by atoms with Crippen LogP contribution in [-0.4, -0.2) is 48.3 Å². The van der Waals surface area contributed by atoms with E-state index in [1.165, 1.54) is 4.90 Å². The number of carbonyl (C=O) groups excluding carboxylic acids is 1. The summed E-state index contributed by atoms with van der Waals surface area (Å²) in [4.78, 5) is 25.5. The summed E-state index contributed by atoms with van der Waals surface area (Å²) in [5, 5.41) is 5.59. The van der Waals surface area contributed by atoms with Gasteiger partial charge in [-0.05, 0) is 63.1 Å². The molecule has 7 nitrogen and oxygen atoms in total. The molecular weight excluding hydrogens is 458 g/mol. The molecule has 1 unspecified atom stereocenters. The van der Waals surface area contributed by atoms with E-state index in [0.717, 1.165) is 42.1 Å². The number of thioether (sulfide) groups is 1. The maximum absolute atomic E-state index is 11.9. The van der Waals surface area contributed by atoms with Crippen molar-refractivity contribution in [2.75, 3.05) is 36.5 Å². The van der Waals surface area contributed by atoms with E-state index >= 15 is 0 Å². The van der Waals surface area contributed by atoms with Crippen molar-refractivity contribution in [2.24, 2.45) is 0 Å². The van der Waals surface area contributed by atoms with Crippen LogP contribution in [0.25, 0.3) is 11.4 Å². The minimum atomic E-state index is -0.212. The number of benzene rings is 2. The van der Waals surface area contributed by atoms with Crippen molar-refractivity contribution in [3.8, 4) is 11.4 Å². The van der Waals surface area contributed by atoms with Gasteiger partial charge in [0.2, 0.25) is 0 Å². The van der Waals surface area contributed by atoms with Crippen LogP contribution in [-0.2, 0) is 9.48 Å². The molecule has 2 aliphatic rings. The Kier molecular flexibility index (Phi) is 6.92. The number of hydrogen-bond donors (Lipinski definition) is 2. The van der Waals surface area contributed by atoms with E-state index in [4.69, 9.17) is 14.7 Å². The van der Waals surface area contributed by atoms with Gasteiger partial charge >= 0.3 is 6.03 Å². The molecule has 1 atom stereocenters. The van der Waals surface area contributed by atoms with Crippen LogP contribution in [0.5, 0.6) is 0 Å². The number of hydrogen-bond acceptors (Lipinski definition) is 6. The zero-order valence-electron chi connectivity index (χ0n) is 20.2. The maximum atomic E-state index is 11.9. The topological polar surface area (TPSA) is 79.4 Å². The van der Waals surface area contributed by atoms with Crippen molar-refractivity contribution in [2.45, 2.75) is 42.4 Å². The highest BCUT2D eigenvalue weighted by Gasteiger charge is 2.47. The number of carbonyl (C=O) groups is 1. The molecule has 0 radical (unpaired) electrons. The van der Waals surface area contributed by atoms with Crippen LogP contribution in [0.3, 0.4) is 0 Å². The lowest BCUT2D eigenvalue weighted by molar-refractivity contribution is 0.0985. The molecule has 35 heavy (non-hydrogen) atoms. The Morgan fingerprint density at radius 2 is 1.91 bits per heavy atom. The number of nitrogens with zero attached hydrogens (tertiary/aromatic N) is 3. The van der Waals surface area contributed by atoms with E-state index < -0.39 is 0 Å². The molecule has 1 saturated heterocycles. The molecule has 3 aromatic rings. The zero-order valence-corrected chi connectivity index (χ0v) is 21.0. The number of aromatic nitrogens is 2. The predicted octanol–water partition coefficient (Wildman–Crippen LogP) is 5.29. The van der Waals surface area contributed by atoms with Gasteiger partial charge < -0.3 is 20.3 Å². The van der Waals surface area contributed by atoms with Gasteiger partial charge in [0.15, 0.2) is 5.82 Å². The second kappa shape index (κ2) is 10.3. The smallest absolute Gasteiger partial charge is 0.319 e. The Bertz CT molecular complexity index is 1170. The largest absolute Gasteiger partial charge is 0.377 e. The summed E-state index contributed by atoms with van der Waals surface area (Å²) in [6.45, 7) is 6.85. The van der Waals surface area contributed by atoms with Gasteiger partial charge in [-0.3, -0.25) is 0 Å². The molecule has 1 aliphatic carbocycles. The molecule has 5 rings (SSSR count). The Labute approximate surface area is 210 Å². The highest BCUT2D eigenvalue weighted by molar-refractivity contribution is 8.00. The second-order valence-electron chi connectivity index (χ2n) is 9.02. The molecule has 0 spiro atoms. The van der Waals surface area contributed by atoms with Crippen molar-refractivity contribution in [3.63, 3.8) is 0 Å². The van der Waals surface area contributed by atoms with Gasteiger partial charge in [0.05, 0.1) is 29.7 Å². The van der Waals surface area contributed by atoms with Gasteiger partial charge in [-0.1, -0.05) is 18.2 Å². The number of anilines is 2. The number of ether oxygens (including phenoxy) is 1. The summed E-state index contributed by atoms with van der Waals surface area (Å²) in [5.41, 5.74) is 2.74. The summed E-state index contributed by atoms with van der Waals surface area (Å²) < 4.78 is 5.65. The fourth-order valence-electron chi connectivity index (χ4n) is 4.29. The lowest BCUT2D eigenvalue weighted by atomic mass is 10.1. The average molecular weight is 490 g/mol. The lowest BCUT2D eigenvalue weighted by Gasteiger charge is -2.34. The minimum Gasteiger partial charge on any atom is -0.377 e. The number of nitrogens with one attached hydrogen (secondary N) is 2. The summed E-state index contributed by atoms with van der Waals surface area (Å²) in [6, 6.07) is 20.5. The number of amides is 2. The molecule has 0 bridgehead atoms. The third-order valence-corrected chi connectivity index (χ3v) is 7.86. The first-order valence-electron chi connectivity index (χ1n) is 12.2. The van der Waals surface area contributed by atoms with Crippen LogP contribution >= 0.6 is 11.8 Å². The molecular formula is C27H31N5O2S. The Morgan fingerprint density at radius 1 is 1.14 bits per heavy atom. The Balaban J connectivity index is 1.48. The molecule has 2 amide bonds. The number of rotatable bonds is 7. The summed E-state index contributed by atoms with van der Waals surface area (Å²) in [7, 11) is 0. The van der Waals surface area contributed by atoms with Crippen molar-refractivity contribution in [1.82, 2.24) is 15.3 Å². The van der Waals surface area contributed by atoms with Crippen LogP contribution in [0.15, 0.2) is 65.6 Å². The van der Waals surface area contributed by atoms with E-state index in [1.807, 2.05) is 43.0 Å². The van der Waals surface area contributed by atoms with Crippen molar-refractivity contribution < 1.29 is 9.53 Å². The quantitative estimate of drug-likeness (QED) is 0.469. The van der Waals surface area contributed by atoms with Crippen LogP contribution in [0, 0.1) is 0 Å². The first kappa shape index (κ1) is 23.6. The lowest BCUT2D eigenvalue weighted by Crippen LogP contribution is -2.44. The first-order chi connectivity index (χ1) is 17.1. The van der Waals surface area contributed by atoms with Crippen LogP contribution in [0.1, 0.15) is 32.4 Å². The minimum absolute atomic E-state index is 0.0247. The maximum Gasteiger partial charge on any atom is 0.319 e. The van der Waals surface area contributed by atoms with Gasteiger partial charge in [-0.15, -0.1) is 11.8 Å². The van der Waals surface area contributed by atoms with E-state index in [2.05, 4.69) is 58.9 Å². The van der Waals surface area contributed by atoms with Crippen molar-refractivity contribution >= 4 is 29.3 Å². The fourth-order valence-corrected chi connectivity index (χ4v) is 5.55. The van der Waals surface area contributed by atoms with Gasteiger partial charge in [0.1, 0.15) is 5.82 Å². The Hall–Kier alpha value is -3.10. The molecule has 1 aliphatic heterocycles. The fraction of sp³-hybridized carbons (Fsp3) is 0.370. The van der Waals surface area contributed by atoms with Gasteiger partial charge in [-0.2, -0.15) is 0 Å². The standard InChI is InChI=1S/C27H31N5O2S/c1-3-28-26(33)29-21-11-9-20(10-12-21)25-30-23(17-24(31-25)32-15-16-34-18-19(32)2)27(13-14-27)35-22-7-5-4-6-8-22/h4-12,17,19H,3,13-16,18H2,1-2H3,(H2,28,29,33). The van der Waals surface area contributed by atoms with E-state index in [-0.39, 0.29) is 16.8 Å². The number of urea groups is 1. The third kappa shape index (κ3) is 5.44. The SMILES string of the molecule is CCNC(=O)Nc1ccc(-c2nc(N3CCOCC3C)cc(C3(Sc4ccccc4)CC3)n2)cc1. The van der Waals surface area contributed by atoms with E-state index in [0.29, 0.717) is 25.6 Å². The highest BCUT2D eigenvalue weighted by atomic mass is 32.2. The normalized spacial score (nSPS) is 18.7. The van der Waals surface area contributed by atoms with E-state index in [1.54, 1.807) is 0 Å². The molecule has 2 N–H and O–H groups in total. The van der Waals surface area contributed by atoms with Gasteiger partial charge in [0.25, 0.3) is 0 Å². The predicted molar refractivity (Wildman–Crippen MR) is 141 cm³/mol. The van der Waals surface area contributed by atoms with Crippen molar-refractivity contribution in [1.29, 1.82) is 0 Å². The molecule has 1 aromatic heterocycles. The van der Waals surface area contributed by atoms with Crippen LogP contribution in [0.4, 0.5) is 16.3 Å². The molecule has 2 fully saturated rings. The monoisotopic (exact) mass is 489 g/mol. The van der Waals surface area contributed by atoms with Gasteiger partial charge in [0, 0.05) is 35.3 Å². The van der Waals surface area contributed by atoms with Crippen LogP contribution in [0.2, 0.25) is 0 Å². The molecule has 1 saturated carbocycles. The zero-order chi connectivity index (χ0) is 24.3. The average Bonchev–Trinajstić information content (AvgIpc) is 3.66. The molecule has 2 heterocycles. The van der Waals surface area contributed by atoms with E-state index in [9.17, 15) is 4.79 Å². The molecule has 8 heteroatoms.